The molecule has 2 aromatic carbocycles. The number of carbonyl (C=O) groups is 1. The van der Waals surface area contributed by atoms with Crippen molar-refractivity contribution in [3.63, 3.8) is 0 Å². The molecule has 1 aliphatic rings. The van der Waals surface area contributed by atoms with Gasteiger partial charge in [0.05, 0.1) is 11.6 Å². The van der Waals surface area contributed by atoms with Crippen LogP contribution in [-0.4, -0.2) is 11.9 Å². The molecule has 0 saturated carbocycles. The molecular formula is C18H17O3P. The molecule has 0 fully saturated rings. The SMILES string of the molecule is CC1CC(=O)C(P(=O)(c2ccccc2)c2ccccc2)=CO1. The van der Waals surface area contributed by atoms with E-state index >= 15 is 0 Å². The Kier molecular flexibility index (Phi) is 4.00. The second-order valence-electron chi connectivity index (χ2n) is 5.36. The van der Waals surface area contributed by atoms with Crippen LogP contribution in [0.3, 0.4) is 0 Å². The lowest BCUT2D eigenvalue weighted by molar-refractivity contribution is -0.118. The molecular weight excluding hydrogens is 295 g/mol. The molecule has 0 radical (unpaired) electrons. The molecule has 1 heterocycles. The van der Waals surface area contributed by atoms with Crippen LogP contribution < -0.4 is 10.6 Å². The minimum atomic E-state index is -3.20. The molecule has 0 amide bonds. The topological polar surface area (TPSA) is 43.4 Å². The minimum Gasteiger partial charge on any atom is -0.497 e. The van der Waals surface area contributed by atoms with E-state index in [1.54, 1.807) is 24.3 Å². The summed E-state index contributed by atoms with van der Waals surface area (Å²) in [5.74, 6) is -0.102. The summed E-state index contributed by atoms with van der Waals surface area (Å²) in [5, 5.41) is 1.58. The number of benzene rings is 2. The van der Waals surface area contributed by atoms with Gasteiger partial charge in [0.2, 0.25) is 0 Å². The number of hydrogen-bond donors (Lipinski definition) is 0. The van der Waals surface area contributed by atoms with Gasteiger partial charge < -0.3 is 9.30 Å². The number of ether oxygens (including phenoxy) is 1. The molecule has 0 saturated heterocycles. The van der Waals surface area contributed by atoms with Crippen molar-refractivity contribution in [1.29, 1.82) is 0 Å². The molecule has 112 valence electrons. The summed E-state index contributed by atoms with van der Waals surface area (Å²) in [7, 11) is -3.20. The van der Waals surface area contributed by atoms with E-state index in [4.69, 9.17) is 4.74 Å². The number of carbonyl (C=O) groups excluding carboxylic acids is 1. The predicted octanol–water partition coefficient (Wildman–Crippen LogP) is 3.22. The lowest BCUT2D eigenvalue weighted by Crippen LogP contribution is -2.26. The molecule has 0 aliphatic carbocycles. The molecule has 3 rings (SSSR count). The molecule has 4 heteroatoms. The first-order valence-corrected chi connectivity index (χ1v) is 8.93. The van der Waals surface area contributed by atoms with Crippen LogP contribution in [0.25, 0.3) is 0 Å². The van der Waals surface area contributed by atoms with Crippen LogP contribution in [0.5, 0.6) is 0 Å². The van der Waals surface area contributed by atoms with Gasteiger partial charge in [-0.1, -0.05) is 60.7 Å². The van der Waals surface area contributed by atoms with E-state index in [0.29, 0.717) is 10.6 Å². The molecule has 2 aromatic rings. The van der Waals surface area contributed by atoms with Crippen LogP contribution in [0, 0.1) is 0 Å². The summed E-state index contributed by atoms with van der Waals surface area (Å²) >= 11 is 0. The molecule has 3 nitrogen and oxygen atoms in total. The predicted molar refractivity (Wildman–Crippen MR) is 88.0 cm³/mol. The highest BCUT2D eigenvalue weighted by atomic mass is 31.2. The normalized spacial score (nSPS) is 18.5. The van der Waals surface area contributed by atoms with Crippen molar-refractivity contribution >= 4 is 23.5 Å². The number of Topliss-reactive ketones (excluding diaryl/α,β-unsaturated/α-hetero) is 1. The Morgan fingerprint density at radius 3 is 1.91 bits per heavy atom. The first-order valence-electron chi connectivity index (χ1n) is 7.23. The fourth-order valence-electron chi connectivity index (χ4n) is 2.61. The Hall–Kier alpha value is -2.12. The van der Waals surface area contributed by atoms with Crippen LogP contribution in [0.4, 0.5) is 0 Å². The minimum absolute atomic E-state index is 0.102. The first-order chi connectivity index (χ1) is 10.6. The van der Waals surface area contributed by atoms with Crippen LogP contribution in [0.1, 0.15) is 13.3 Å². The standard InChI is InChI=1S/C18H17O3P/c1-14-12-17(19)18(13-21-14)22(20,15-8-4-2-5-9-15)16-10-6-3-7-11-16/h2-11,13-14H,12H2,1H3. The zero-order valence-electron chi connectivity index (χ0n) is 12.3. The van der Waals surface area contributed by atoms with Gasteiger partial charge in [-0.15, -0.1) is 0 Å². The summed E-state index contributed by atoms with van der Waals surface area (Å²) < 4.78 is 19.4. The van der Waals surface area contributed by atoms with Crippen LogP contribution >= 0.6 is 7.14 Å². The summed E-state index contributed by atoms with van der Waals surface area (Å²) in [6.07, 6.45) is 1.49. The highest BCUT2D eigenvalue weighted by Gasteiger charge is 2.38. The summed E-state index contributed by atoms with van der Waals surface area (Å²) in [6.45, 7) is 1.83. The Bertz CT molecular complexity index is 707. The fourth-order valence-corrected chi connectivity index (χ4v) is 5.30. The quantitative estimate of drug-likeness (QED) is 0.817. The van der Waals surface area contributed by atoms with E-state index in [-0.39, 0.29) is 23.6 Å². The number of allylic oxidation sites excluding steroid dienone is 1. The second kappa shape index (κ2) is 5.94. The van der Waals surface area contributed by atoms with Gasteiger partial charge in [0, 0.05) is 17.0 Å². The smallest absolute Gasteiger partial charge is 0.177 e. The van der Waals surface area contributed by atoms with Crippen LogP contribution in [0.2, 0.25) is 0 Å². The van der Waals surface area contributed by atoms with Gasteiger partial charge in [-0.05, 0) is 6.92 Å². The lowest BCUT2D eigenvalue weighted by atomic mass is 10.2. The second-order valence-corrected chi connectivity index (χ2v) is 8.09. The van der Waals surface area contributed by atoms with Gasteiger partial charge in [-0.3, -0.25) is 4.79 Å². The zero-order valence-corrected chi connectivity index (χ0v) is 13.2. The van der Waals surface area contributed by atoms with E-state index in [1.807, 2.05) is 43.3 Å². The average molecular weight is 312 g/mol. The lowest BCUT2D eigenvalue weighted by Gasteiger charge is -2.26. The van der Waals surface area contributed by atoms with Gasteiger partial charge in [-0.2, -0.15) is 0 Å². The van der Waals surface area contributed by atoms with Crippen molar-refractivity contribution in [3.8, 4) is 0 Å². The maximum Gasteiger partial charge on any atom is 0.177 e. The summed E-state index contributed by atoms with van der Waals surface area (Å²) in [4.78, 5) is 12.5. The average Bonchev–Trinajstić information content (AvgIpc) is 2.56. The molecule has 0 bridgehead atoms. The van der Waals surface area contributed by atoms with Crippen LogP contribution in [-0.2, 0) is 14.1 Å². The molecule has 0 aromatic heterocycles. The third-order valence-corrected chi connectivity index (χ3v) is 6.83. The number of hydrogen-bond acceptors (Lipinski definition) is 3. The Labute approximate surface area is 130 Å². The molecule has 1 unspecified atom stereocenters. The van der Waals surface area contributed by atoms with E-state index in [1.165, 1.54) is 6.26 Å². The molecule has 22 heavy (non-hydrogen) atoms. The van der Waals surface area contributed by atoms with Crippen molar-refractivity contribution < 1.29 is 14.1 Å². The van der Waals surface area contributed by atoms with E-state index in [0.717, 1.165) is 0 Å². The van der Waals surface area contributed by atoms with Crippen molar-refractivity contribution in [1.82, 2.24) is 0 Å². The van der Waals surface area contributed by atoms with Crippen molar-refractivity contribution in [3.05, 3.63) is 72.2 Å². The largest absolute Gasteiger partial charge is 0.497 e. The van der Waals surface area contributed by atoms with E-state index < -0.39 is 7.14 Å². The Morgan fingerprint density at radius 2 is 1.45 bits per heavy atom. The van der Waals surface area contributed by atoms with Crippen molar-refractivity contribution in [2.75, 3.05) is 0 Å². The Balaban J connectivity index is 2.21. The maximum absolute atomic E-state index is 13.9. The molecule has 1 atom stereocenters. The van der Waals surface area contributed by atoms with Gasteiger partial charge in [-0.25, -0.2) is 0 Å². The van der Waals surface area contributed by atoms with Gasteiger partial charge in [0.15, 0.2) is 12.9 Å². The third kappa shape index (κ3) is 2.53. The highest BCUT2D eigenvalue weighted by Crippen LogP contribution is 2.53. The number of ketones is 1. The van der Waals surface area contributed by atoms with Crippen LogP contribution in [0.15, 0.2) is 72.2 Å². The third-order valence-electron chi connectivity index (χ3n) is 3.75. The van der Waals surface area contributed by atoms with Gasteiger partial charge in [0.25, 0.3) is 0 Å². The maximum atomic E-state index is 13.9. The molecule has 1 aliphatic heterocycles. The van der Waals surface area contributed by atoms with Crippen molar-refractivity contribution in [2.45, 2.75) is 19.4 Å². The van der Waals surface area contributed by atoms with E-state index in [9.17, 15) is 9.36 Å². The zero-order chi connectivity index (χ0) is 15.6. The highest BCUT2D eigenvalue weighted by molar-refractivity contribution is 7.83. The summed E-state index contributed by atoms with van der Waals surface area (Å²) in [5.41, 5.74) is 0. The van der Waals surface area contributed by atoms with Gasteiger partial charge in [0.1, 0.15) is 6.10 Å². The summed E-state index contributed by atoms with van der Waals surface area (Å²) in [6, 6.07) is 18.3. The van der Waals surface area contributed by atoms with Gasteiger partial charge >= 0.3 is 0 Å². The molecule has 0 spiro atoms. The monoisotopic (exact) mass is 312 g/mol. The van der Waals surface area contributed by atoms with Crippen molar-refractivity contribution in [2.24, 2.45) is 0 Å². The molecule has 0 N–H and O–H groups in total. The number of rotatable bonds is 3. The Morgan fingerprint density at radius 1 is 0.955 bits per heavy atom. The fraction of sp³-hybridized carbons (Fsp3) is 0.167. The first kappa shape index (κ1) is 14.8. The van der Waals surface area contributed by atoms with E-state index in [2.05, 4.69) is 0 Å².